The molecule has 1 aromatic carbocycles. The van der Waals surface area contributed by atoms with Gasteiger partial charge in [0, 0.05) is 6.61 Å². The van der Waals surface area contributed by atoms with Crippen LogP contribution in [0.15, 0.2) is 18.2 Å². The number of amides is 1. The van der Waals surface area contributed by atoms with Crippen LogP contribution in [0.25, 0.3) is 0 Å². The Kier molecular flexibility index (Phi) is 5.11. The molecule has 0 spiro atoms. The van der Waals surface area contributed by atoms with E-state index in [1.165, 1.54) is 12.1 Å². The summed E-state index contributed by atoms with van der Waals surface area (Å²) in [7, 11) is 0. The standard InChI is InChI=1S/C12H13FN2O2/c1-2-5-17-8-12(16)15-11-4-3-10(13)6-9(11)7-14/h3-4,6H,2,5,8H2,1H3,(H,15,16). The van der Waals surface area contributed by atoms with Crippen molar-refractivity contribution in [3.05, 3.63) is 29.6 Å². The van der Waals surface area contributed by atoms with E-state index in [-0.39, 0.29) is 18.1 Å². The Morgan fingerprint density at radius 2 is 2.35 bits per heavy atom. The van der Waals surface area contributed by atoms with Gasteiger partial charge in [-0.15, -0.1) is 0 Å². The zero-order chi connectivity index (χ0) is 12.7. The lowest BCUT2D eigenvalue weighted by molar-refractivity contribution is -0.120. The van der Waals surface area contributed by atoms with Crippen LogP contribution in [0, 0.1) is 17.1 Å². The molecule has 0 saturated carbocycles. The Hall–Kier alpha value is -1.93. The molecule has 0 aromatic heterocycles. The molecule has 0 heterocycles. The van der Waals surface area contributed by atoms with Crippen molar-refractivity contribution in [2.45, 2.75) is 13.3 Å². The van der Waals surface area contributed by atoms with E-state index in [4.69, 9.17) is 10.00 Å². The number of ether oxygens (including phenoxy) is 1. The lowest BCUT2D eigenvalue weighted by atomic mass is 10.2. The number of hydrogen-bond acceptors (Lipinski definition) is 3. The second-order valence-electron chi connectivity index (χ2n) is 3.40. The van der Waals surface area contributed by atoms with Gasteiger partial charge in [-0.05, 0) is 24.6 Å². The molecule has 1 aromatic rings. The molecule has 5 heteroatoms. The lowest BCUT2D eigenvalue weighted by Crippen LogP contribution is -2.19. The summed E-state index contributed by atoms with van der Waals surface area (Å²) in [4.78, 5) is 11.4. The van der Waals surface area contributed by atoms with Crippen LogP contribution < -0.4 is 5.32 Å². The summed E-state index contributed by atoms with van der Waals surface area (Å²) in [5.74, 6) is -0.872. The molecule has 0 aliphatic rings. The maximum atomic E-state index is 12.8. The average molecular weight is 236 g/mol. The number of carbonyl (C=O) groups excluding carboxylic acids is 1. The van der Waals surface area contributed by atoms with E-state index >= 15 is 0 Å². The zero-order valence-electron chi connectivity index (χ0n) is 9.50. The Labute approximate surface area is 99.0 Å². The quantitative estimate of drug-likeness (QED) is 0.796. The largest absolute Gasteiger partial charge is 0.372 e. The van der Waals surface area contributed by atoms with Crippen molar-refractivity contribution in [2.24, 2.45) is 0 Å². The van der Waals surface area contributed by atoms with Crippen LogP contribution in [0.2, 0.25) is 0 Å². The molecule has 0 aliphatic heterocycles. The number of hydrogen-bond donors (Lipinski definition) is 1. The smallest absolute Gasteiger partial charge is 0.250 e. The molecular weight excluding hydrogens is 223 g/mol. The van der Waals surface area contributed by atoms with E-state index in [0.717, 1.165) is 12.5 Å². The molecule has 0 radical (unpaired) electrons. The van der Waals surface area contributed by atoms with Gasteiger partial charge in [-0.25, -0.2) is 4.39 Å². The van der Waals surface area contributed by atoms with Gasteiger partial charge in [-0.1, -0.05) is 6.92 Å². The van der Waals surface area contributed by atoms with E-state index in [1.807, 2.05) is 13.0 Å². The van der Waals surface area contributed by atoms with Crippen molar-refractivity contribution < 1.29 is 13.9 Å². The molecule has 0 fully saturated rings. The summed E-state index contributed by atoms with van der Waals surface area (Å²) in [5.41, 5.74) is 0.382. The predicted molar refractivity (Wildman–Crippen MR) is 60.9 cm³/mol. The second-order valence-corrected chi connectivity index (χ2v) is 3.40. The van der Waals surface area contributed by atoms with Gasteiger partial charge in [-0.2, -0.15) is 5.26 Å². The third-order valence-electron chi connectivity index (χ3n) is 1.96. The fourth-order valence-electron chi connectivity index (χ4n) is 1.21. The molecule has 0 atom stereocenters. The first-order valence-electron chi connectivity index (χ1n) is 5.24. The van der Waals surface area contributed by atoms with Crippen LogP contribution >= 0.6 is 0 Å². The molecule has 1 amide bonds. The Balaban J connectivity index is 2.62. The predicted octanol–water partition coefficient (Wildman–Crippen LogP) is 2.06. The van der Waals surface area contributed by atoms with Gasteiger partial charge in [0.15, 0.2) is 0 Å². The van der Waals surface area contributed by atoms with Gasteiger partial charge in [0.25, 0.3) is 0 Å². The minimum atomic E-state index is -0.512. The van der Waals surface area contributed by atoms with E-state index in [9.17, 15) is 9.18 Å². The topological polar surface area (TPSA) is 62.1 Å². The number of nitriles is 1. The first-order chi connectivity index (χ1) is 8.17. The van der Waals surface area contributed by atoms with Crippen molar-refractivity contribution in [1.29, 1.82) is 5.26 Å². The maximum Gasteiger partial charge on any atom is 0.250 e. The summed E-state index contributed by atoms with van der Waals surface area (Å²) in [6.07, 6.45) is 0.827. The van der Waals surface area contributed by atoms with Crippen LogP contribution in [0.4, 0.5) is 10.1 Å². The number of benzene rings is 1. The van der Waals surface area contributed by atoms with E-state index < -0.39 is 5.82 Å². The van der Waals surface area contributed by atoms with E-state index in [1.54, 1.807) is 0 Å². The van der Waals surface area contributed by atoms with Gasteiger partial charge in [0.2, 0.25) is 5.91 Å². The fourth-order valence-corrected chi connectivity index (χ4v) is 1.21. The molecule has 0 unspecified atom stereocenters. The number of nitrogens with one attached hydrogen (secondary N) is 1. The molecule has 0 bridgehead atoms. The minimum Gasteiger partial charge on any atom is -0.372 e. The molecule has 1 rings (SSSR count). The maximum absolute atomic E-state index is 12.8. The Morgan fingerprint density at radius 1 is 1.59 bits per heavy atom. The minimum absolute atomic E-state index is 0.0733. The van der Waals surface area contributed by atoms with Crippen LogP contribution in [-0.2, 0) is 9.53 Å². The number of halogens is 1. The van der Waals surface area contributed by atoms with Crippen molar-refractivity contribution in [3.8, 4) is 6.07 Å². The third-order valence-corrected chi connectivity index (χ3v) is 1.96. The van der Waals surface area contributed by atoms with Crippen molar-refractivity contribution in [2.75, 3.05) is 18.5 Å². The molecular formula is C12H13FN2O2. The lowest BCUT2D eigenvalue weighted by Gasteiger charge is -2.07. The van der Waals surface area contributed by atoms with E-state index in [2.05, 4.69) is 5.32 Å². The summed E-state index contributed by atoms with van der Waals surface area (Å²) >= 11 is 0. The third kappa shape index (κ3) is 4.21. The Morgan fingerprint density at radius 3 is 3.00 bits per heavy atom. The summed E-state index contributed by atoms with van der Waals surface area (Å²) in [6.45, 7) is 2.36. The number of carbonyl (C=O) groups is 1. The fraction of sp³-hybridized carbons (Fsp3) is 0.333. The van der Waals surface area contributed by atoms with E-state index in [0.29, 0.717) is 12.3 Å². The normalized spacial score (nSPS) is 9.71. The summed E-state index contributed by atoms with van der Waals surface area (Å²) in [5, 5.41) is 11.3. The Bertz CT molecular complexity index is 441. The summed E-state index contributed by atoms with van der Waals surface area (Å²) in [6, 6.07) is 5.42. The van der Waals surface area contributed by atoms with Crippen LogP contribution in [0.5, 0.6) is 0 Å². The molecule has 17 heavy (non-hydrogen) atoms. The first kappa shape index (κ1) is 13.1. The van der Waals surface area contributed by atoms with Crippen LogP contribution in [0.1, 0.15) is 18.9 Å². The van der Waals surface area contributed by atoms with Crippen LogP contribution in [0.3, 0.4) is 0 Å². The highest BCUT2D eigenvalue weighted by atomic mass is 19.1. The van der Waals surface area contributed by atoms with Crippen molar-refractivity contribution in [3.63, 3.8) is 0 Å². The highest BCUT2D eigenvalue weighted by Gasteiger charge is 2.07. The number of rotatable bonds is 5. The first-order valence-corrected chi connectivity index (χ1v) is 5.24. The monoisotopic (exact) mass is 236 g/mol. The molecule has 90 valence electrons. The molecule has 0 saturated heterocycles. The zero-order valence-corrected chi connectivity index (χ0v) is 9.50. The van der Waals surface area contributed by atoms with Crippen molar-refractivity contribution in [1.82, 2.24) is 0 Å². The van der Waals surface area contributed by atoms with Crippen molar-refractivity contribution >= 4 is 11.6 Å². The summed E-state index contributed by atoms with van der Waals surface area (Å²) < 4.78 is 17.9. The van der Waals surface area contributed by atoms with Crippen LogP contribution in [-0.4, -0.2) is 19.1 Å². The molecule has 1 N–H and O–H groups in total. The average Bonchev–Trinajstić information content (AvgIpc) is 2.32. The number of nitrogens with zero attached hydrogens (tertiary/aromatic N) is 1. The van der Waals surface area contributed by atoms with Gasteiger partial charge in [0.1, 0.15) is 18.5 Å². The highest BCUT2D eigenvalue weighted by molar-refractivity contribution is 5.92. The van der Waals surface area contributed by atoms with Gasteiger partial charge in [0.05, 0.1) is 11.3 Å². The van der Waals surface area contributed by atoms with Gasteiger partial charge in [-0.3, -0.25) is 4.79 Å². The molecule has 4 nitrogen and oxygen atoms in total. The van der Waals surface area contributed by atoms with Gasteiger partial charge >= 0.3 is 0 Å². The SMILES string of the molecule is CCCOCC(=O)Nc1ccc(F)cc1C#N. The van der Waals surface area contributed by atoms with Gasteiger partial charge < -0.3 is 10.1 Å². The number of anilines is 1. The molecule has 0 aliphatic carbocycles. The second kappa shape index (κ2) is 6.61. The highest BCUT2D eigenvalue weighted by Crippen LogP contribution is 2.15.